The molecular formula is C15H17FN2O3. The van der Waals surface area contributed by atoms with Crippen molar-refractivity contribution in [3.63, 3.8) is 0 Å². The Hall–Kier alpha value is -2.21. The number of nitrogens with one attached hydrogen (secondary N) is 2. The number of carbonyl (C=O) groups is 1. The number of rotatable bonds is 4. The number of aromatic carboxylic acids is 1. The van der Waals surface area contributed by atoms with Crippen LogP contribution < -0.4 is 5.32 Å². The van der Waals surface area contributed by atoms with E-state index in [-0.39, 0.29) is 16.8 Å². The summed E-state index contributed by atoms with van der Waals surface area (Å²) in [6.45, 7) is 0. The molecule has 1 aromatic carbocycles. The van der Waals surface area contributed by atoms with Crippen molar-refractivity contribution < 1.29 is 19.4 Å². The van der Waals surface area contributed by atoms with Gasteiger partial charge in [-0.3, -0.25) is 5.41 Å². The molecule has 0 fully saturated rings. The maximum atomic E-state index is 14.0. The number of halogens is 1. The van der Waals surface area contributed by atoms with Gasteiger partial charge in [-0.25, -0.2) is 9.18 Å². The Kier molecular flexibility index (Phi) is 4.37. The quantitative estimate of drug-likeness (QED) is 0.638. The predicted octanol–water partition coefficient (Wildman–Crippen LogP) is 1.91. The van der Waals surface area contributed by atoms with E-state index in [4.69, 9.17) is 10.5 Å². The van der Waals surface area contributed by atoms with Gasteiger partial charge >= 0.3 is 5.97 Å². The summed E-state index contributed by atoms with van der Waals surface area (Å²) >= 11 is 0. The predicted molar refractivity (Wildman–Crippen MR) is 76.1 cm³/mol. The Labute approximate surface area is 121 Å². The molecule has 1 aromatic rings. The van der Waals surface area contributed by atoms with Crippen molar-refractivity contribution in [3.8, 4) is 0 Å². The van der Waals surface area contributed by atoms with Crippen molar-refractivity contribution in [3.05, 3.63) is 46.4 Å². The second-order valence-electron chi connectivity index (χ2n) is 4.98. The van der Waals surface area contributed by atoms with Gasteiger partial charge in [0, 0.05) is 24.7 Å². The van der Waals surface area contributed by atoms with Crippen molar-refractivity contribution in [2.24, 2.45) is 0 Å². The number of carboxylic acid groups (broad SMARTS) is 1. The van der Waals surface area contributed by atoms with Gasteiger partial charge in [0.25, 0.3) is 0 Å². The van der Waals surface area contributed by atoms with Crippen LogP contribution >= 0.6 is 0 Å². The molecule has 4 N–H and O–H groups in total. The van der Waals surface area contributed by atoms with Crippen LogP contribution in [0.15, 0.2) is 29.5 Å². The molecule has 1 unspecified atom stereocenters. The number of aliphatic hydroxyl groups excluding tert-OH is 1. The monoisotopic (exact) mass is 292 g/mol. The molecule has 2 rings (SSSR count). The molecule has 0 amide bonds. The molecule has 0 bridgehead atoms. The third kappa shape index (κ3) is 3.11. The lowest BCUT2D eigenvalue weighted by atomic mass is 9.88. The lowest BCUT2D eigenvalue weighted by molar-refractivity contribution is 0.0696. The van der Waals surface area contributed by atoms with E-state index in [9.17, 15) is 14.3 Å². The molecule has 0 aliphatic heterocycles. The largest absolute Gasteiger partial charge is 0.478 e. The number of aliphatic hydroxyl groups is 1. The second-order valence-corrected chi connectivity index (χ2v) is 4.98. The third-order valence-corrected chi connectivity index (χ3v) is 3.62. The van der Waals surface area contributed by atoms with Crippen LogP contribution in [0.5, 0.6) is 0 Å². The van der Waals surface area contributed by atoms with Crippen LogP contribution in [-0.4, -0.2) is 35.0 Å². The summed E-state index contributed by atoms with van der Waals surface area (Å²) < 4.78 is 14.0. The number of benzene rings is 1. The number of hydrogen-bond acceptors (Lipinski definition) is 4. The number of hydrogen-bond donors (Lipinski definition) is 4. The van der Waals surface area contributed by atoms with Gasteiger partial charge in [0.1, 0.15) is 5.82 Å². The standard InChI is InChI=1S/C15H17FN2O3/c1-18-13-7-9(19)3-5-11(13)14(17)10-4-2-8(15(20)21)6-12(10)16/h2,4,6,9,17-19H,3,5,7H2,1H3,(H,20,21). The maximum absolute atomic E-state index is 14.0. The summed E-state index contributed by atoms with van der Waals surface area (Å²) in [4.78, 5) is 10.8. The molecule has 21 heavy (non-hydrogen) atoms. The van der Waals surface area contributed by atoms with Crippen LogP contribution in [0, 0.1) is 11.2 Å². The highest BCUT2D eigenvalue weighted by atomic mass is 19.1. The van der Waals surface area contributed by atoms with Crippen molar-refractivity contribution in [2.75, 3.05) is 7.05 Å². The summed E-state index contributed by atoms with van der Waals surface area (Å²) in [7, 11) is 1.70. The summed E-state index contributed by atoms with van der Waals surface area (Å²) in [6, 6.07) is 3.52. The highest BCUT2D eigenvalue weighted by Gasteiger charge is 2.23. The molecule has 1 aliphatic rings. The topological polar surface area (TPSA) is 93.4 Å². The molecule has 0 saturated heterocycles. The molecule has 0 spiro atoms. The first-order chi connectivity index (χ1) is 9.93. The fraction of sp³-hybridized carbons (Fsp3) is 0.333. The van der Waals surface area contributed by atoms with Crippen LogP contribution in [0.3, 0.4) is 0 Å². The molecule has 112 valence electrons. The second kappa shape index (κ2) is 6.05. The van der Waals surface area contributed by atoms with Gasteiger partial charge in [0.2, 0.25) is 0 Å². The van der Waals surface area contributed by atoms with Crippen LogP contribution in [0.1, 0.15) is 35.2 Å². The minimum absolute atomic E-state index is 0.0284. The molecule has 0 heterocycles. The van der Waals surface area contributed by atoms with Gasteiger partial charge in [-0.2, -0.15) is 0 Å². The molecule has 1 aliphatic carbocycles. The van der Waals surface area contributed by atoms with Gasteiger partial charge in [-0.05, 0) is 36.6 Å². The molecule has 0 radical (unpaired) electrons. The van der Waals surface area contributed by atoms with E-state index < -0.39 is 17.9 Å². The van der Waals surface area contributed by atoms with E-state index >= 15 is 0 Å². The first-order valence-corrected chi connectivity index (χ1v) is 6.64. The highest BCUT2D eigenvalue weighted by Crippen LogP contribution is 2.27. The summed E-state index contributed by atoms with van der Waals surface area (Å²) in [6.07, 6.45) is 0.958. The third-order valence-electron chi connectivity index (χ3n) is 3.62. The average Bonchev–Trinajstić information content (AvgIpc) is 2.46. The fourth-order valence-corrected chi connectivity index (χ4v) is 2.47. The van der Waals surface area contributed by atoms with Gasteiger partial charge in [0.15, 0.2) is 0 Å². The van der Waals surface area contributed by atoms with Crippen molar-refractivity contribution in [1.29, 1.82) is 5.41 Å². The Morgan fingerprint density at radius 2 is 2.19 bits per heavy atom. The summed E-state index contributed by atoms with van der Waals surface area (Å²) in [5, 5.41) is 29.6. The first kappa shape index (κ1) is 15.2. The van der Waals surface area contributed by atoms with E-state index in [0.29, 0.717) is 24.8 Å². The Morgan fingerprint density at radius 1 is 1.48 bits per heavy atom. The van der Waals surface area contributed by atoms with Crippen molar-refractivity contribution in [1.82, 2.24) is 5.32 Å². The number of carboxylic acids is 1. The van der Waals surface area contributed by atoms with E-state index in [1.807, 2.05) is 0 Å². The molecule has 6 heteroatoms. The van der Waals surface area contributed by atoms with Crippen molar-refractivity contribution in [2.45, 2.75) is 25.4 Å². The van der Waals surface area contributed by atoms with E-state index in [1.54, 1.807) is 7.05 Å². The van der Waals surface area contributed by atoms with Gasteiger partial charge in [-0.1, -0.05) is 0 Å². The van der Waals surface area contributed by atoms with Crippen LogP contribution in [0.25, 0.3) is 0 Å². The molecule has 0 saturated carbocycles. The Balaban J connectivity index is 2.38. The Morgan fingerprint density at radius 3 is 2.76 bits per heavy atom. The van der Waals surface area contributed by atoms with Crippen LogP contribution in [0.4, 0.5) is 4.39 Å². The lowest BCUT2D eigenvalue weighted by Gasteiger charge is -2.24. The zero-order chi connectivity index (χ0) is 15.6. The highest BCUT2D eigenvalue weighted by molar-refractivity contribution is 6.11. The van der Waals surface area contributed by atoms with E-state index in [1.165, 1.54) is 12.1 Å². The fourth-order valence-electron chi connectivity index (χ4n) is 2.47. The summed E-state index contributed by atoms with van der Waals surface area (Å²) in [5.74, 6) is -1.93. The van der Waals surface area contributed by atoms with Gasteiger partial charge < -0.3 is 15.5 Å². The summed E-state index contributed by atoms with van der Waals surface area (Å²) in [5.41, 5.74) is 1.33. The maximum Gasteiger partial charge on any atom is 0.335 e. The minimum Gasteiger partial charge on any atom is -0.478 e. The van der Waals surface area contributed by atoms with Gasteiger partial charge in [0.05, 0.1) is 17.4 Å². The Bertz CT molecular complexity index is 625. The zero-order valence-corrected chi connectivity index (χ0v) is 11.6. The molecule has 1 atom stereocenters. The SMILES string of the molecule is CNC1=C(C(=N)c2ccc(C(=O)O)cc2F)CCC(O)C1. The van der Waals surface area contributed by atoms with Crippen LogP contribution in [-0.2, 0) is 0 Å². The van der Waals surface area contributed by atoms with Gasteiger partial charge in [-0.15, -0.1) is 0 Å². The van der Waals surface area contributed by atoms with Crippen LogP contribution in [0.2, 0.25) is 0 Å². The zero-order valence-electron chi connectivity index (χ0n) is 11.6. The molecule has 5 nitrogen and oxygen atoms in total. The minimum atomic E-state index is -1.21. The first-order valence-electron chi connectivity index (χ1n) is 6.64. The smallest absolute Gasteiger partial charge is 0.335 e. The lowest BCUT2D eigenvalue weighted by Crippen LogP contribution is -2.25. The van der Waals surface area contributed by atoms with E-state index in [2.05, 4.69) is 5.32 Å². The number of allylic oxidation sites excluding steroid dienone is 1. The molecular weight excluding hydrogens is 275 g/mol. The average molecular weight is 292 g/mol. The van der Waals surface area contributed by atoms with E-state index in [0.717, 1.165) is 11.8 Å². The normalized spacial score (nSPS) is 18.5. The molecule has 0 aromatic heterocycles. The van der Waals surface area contributed by atoms with Crippen molar-refractivity contribution >= 4 is 11.7 Å².